The van der Waals surface area contributed by atoms with E-state index in [0.29, 0.717) is 11.3 Å². The summed E-state index contributed by atoms with van der Waals surface area (Å²) in [6.07, 6.45) is 5.15. The Balaban J connectivity index is 0.00000121. The summed E-state index contributed by atoms with van der Waals surface area (Å²) >= 11 is 0. The molecule has 0 fully saturated rings. The second-order valence-corrected chi connectivity index (χ2v) is 5.13. The van der Waals surface area contributed by atoms with Crippen LogP contribution in [0.2, 0.25) is 0 Å². The first-order valence-electron chi connectivity index (χ1n) is 6.64. The van der Waals surface area contributed by atoms with Crippen molar-refractivity contribution in [1.29, 1.82) is 0 Å². The molecule has 17 heavy (non-hydrogen) atoms. The van der Waals surface area contributed by atoms with E-state index < -0.39 is 0 Å². The number of hydrogen-bond acceptors (Lipinski definition) is 1. The monoisotopic (exact) mass is 235 g/mol. The quantitative estimate of drug-likeness (QED) is 0.674. The average molecular weight is 235 g/mol. The molecule has 0 N–H and O–H groups in total. The minimum absolute atomic E-state index is 0.336. The SMILES string of the molecule is C=CC1=C(C=C)N(C)CCC(C)(C)C1C.CC. The molecule has 0 saturated carbocycles. The van der Waals surface area contributed by atoms with Gasteiger partial charge in [0.1, 0.15) is 0 Å². The molecular weight excluding hydrogens is 206 g/mol. The fourth-order valence-corrected chi connectivity index (χ4v) is 2.21. The van der Waals surface area contributed by atoms with Gasteiger partial charge in [0.05, 0.1) is 0 Å². The summed E-state index contributed by atoms with van der Waals surface area (Å²) in [5.74, 6) is 0.535. The molecule has 1 nitrogen and oxygen atoms in total. The van der Waals surface area contributed by atoms with Crippen LogP contribution in [0.25, 0.3) is 0 Å². The molecule has 1 heteroatoms. The van der Waals surface area contributed by atoms with E-state index in [1.54, 1.807) is 0 Å². The summed E-state index contributed by atoms with van der Waals surface area (Å²) in [6, 6.07) is 0. The lowest BCUT2D eigenvalue weighted by atomic mass is 9.74. The highest BCUT2D eigenvalue weighted by atomic mass is 15.1. The van der Waals surface area contributed by atoms with Crippen LogP contribution in [0.1, 0.15) is 41.0 Å². The third kappa shape index (κ3) is 3.49. The van der Waals surface area contributed by atoms with Gasteiger partial charge in [0, 0.05) is 19.3 Å². The molecule has 1 atom stereocenters. The Morgan fingerprint density at radius 1 is 1.24 bits per heavy atom. The van der Waals surface area contributed by atoms with Crippen molar-refractivity contribution < 1.29 is 0 Å². The van der Waals surface area contributed by atoms with Crippen molar-refractivity contribution in [2.24, 2.45) is 11.3 Å². The Kier molecular flexibility index (Phi) is 6.30. The Labute approximate surface area is 108 Å². The zero-order valence-corrected chi connectivity index (χ0v) is 12.5. The lowest BCUT2D eigenvalue weighted by Crippen LogP contribution is -2.23. The van der Waals surface area contributed by atoms with Gasteiger partial charge in [-0.2, -0.15) is 0 Å². The van der Waals surface area contributed by atoms with Crippen molar-refractivity contribution in [2.75, 3.05) is 13.6 Å². The first-order chi connectivity index (χ1) is 7.94. The molecule has 0 bridgehead atoms. The summed E-state index contributed by atoms with van der Waals surface area (Å²) < 4.78 is 0. The van der Waals surface area contributed by atoms with E-state index in [9.17, 15) is 0 Å². The molecule has 1 rings (SSSR count). The van der Waals surface area contributed by atoms with E-state index >= 15 is 0 Å². The molecule has 0 aromatic carbocycles. The first kappa shape index (κ1) is 16.0. The molecule has 1 unspecified atom stereocenters. The maximum absolute atomic E-state index is 3.94. The van der Waals surface area contributed by atoms with Gasteiger partial charge >= 0.3 is 0 Å². The van der Waals surface area contributed by atoms with Crippen molar-refractivity contribution in [2.45, 2.75) is 41.0 Å². The van der Waals surface area contributed by atoms with Gasteiger partial charge in [-0.15, -0.1) is 0 Å². The van der Waals surface area contributed by atoms with Crippen LogP contribution >= 0.6 is 0 Å². The standard InChI is InChI=1S/C14H23N.C2H6/c1-7-12-11(3)14(4,5)9-10-15(6)13(12)8-2;1-2/h7-8,11H,1-2,9-10H2,3-6H3;1-2H3. The maximum atomic E-state index is 3.94. The zero-order chi connectivity index (χ0) is 13.6. The number of nitrogens with zero attached hydrogens (tertiary/aromatic N) is 1. The van der Waals surface area contributed by atoms with Crippen LogP contribution < -0.4 is 0 Å². The molecule has 1 aliphatic rings. The van der Waals surface area contributed by atoms with Crippen LogP contribution in [0.3, 0.4) is 0 Å². The van der Waals surface area contributed by atoms with Crippen LogP contribution in [0, 0.1) is 11.3 Å². The second kappa shape index (κ2) is 6.68. The predicted molar refractivity (Wildman–Crippen MR) is 79.0 cm³/mol. The largest absolute Gasteiger partial charge is 0.374 e. The van der Waals surface area contributed by atoms with Crippen molar-refractivity contribution in [3.63, 3.8) is 0 Å². The Morgan fingerprint density at radius 3 is 2.18 bits per heavy atom. The summed E-state index contributed by atoms with van der Waals surface area (Å²) in [6.45, 7) is 19.9. The lowest BCUT2D eigenvalue weighted by molar-refractivity contribution is 0.238. The topological polar surface area (TPSA) is 3.24 Å². The third-order valence-electron chi connectivity index (χ3n) is 3.85. The Hall–Kier alpha value is -0.980. The summed E-state index contributed by atoms with van der Waals surface area (Å²) in [4.78, 5) is 2.29. The molecule has 1 heterocycles. The van der Waals surface area contributed by atoms with Gasteiger partial charge < -0.3 is 4.90 Å². The number of hydrogen-bond donors (Lipinski definition) is 0. The van der Waals surface area contributed by atoms with Crippen molar-refractivity contribution >= 4 is 0 Å². The fourth-order valence-electron chi connectivity index (χ4n) is 2.21. The van der Waals surface area contributed by atoms with Gasteiger partial charge in [0.2, 0.25) is 0 Å². The molecule has 98 valence electrons. The van der Waals surface area contributed by atoms with Crippen molar-refractivity contribution in [3.8, 4) is 0 Å². The normalized spacial score (nSPS) is 23.4. The highest BCUT2D eigenvalue weighted by molar-refractivity contribution is 5.34. The van der Waals surface area contributed by atoms with E-state index in [1.807, 2.05) is 26.0 Å². The molecule has 0 radical (unpaired) electrons. The van der Waals surface area contributed by atoms with Crippen molar-refractivity contribution in [3.05, 3.63) is 36.6 Å². The number of rotatable bonds is 2. The minimum Gasteiger partial charge on any atom is -0.374 e. The van der Waals surface area contributed by atoms with Gasteiger partial charge in [-0.3, -0.25) is 0 Å². The summed E-state index contributed by atoms with van der Waals surface area (Å²) in [5.41, 5.74) is 2.90. The van der Waals surface area contributed by atoms with Crippen LogP contribution in [0.5, 0.6) is 0 Å². The molecule has 1 aliphatic heterocycles. The van der Waals surface area contributed by atoms with E-state index in [2.05, 4.69) is 45.9 Å². The predicted octanol–water partition coefficient (Wildman–Crippen LogP) is 4.64. The smallest absolute Gasteiger partial charge is 0.0392 e. The molecular formula is C16H29N. The minimum atomic E-state index is 0.336. The highest BCUT2D eigenvalue weighted by Gasteiger charge is 2.32. The maximum Gasteiger partial charge on any atom is 0.0392 e. The van der Waals surface area contributed by atoms with Crippen molar-refractivity contribution in [1.82, 2.24) is 4.90 Å². The van der Waals surface area contributed by atoms with E-state index in [1.165, 1.54) is 17.7 Å². The zero-order valence-electron chi connectivity index (χ0n) is 12.5. The highest BCUT2D eigenvalue weighted by Crippen LogP contribution is 2.40. The van der Waals surface area contributed by atoms with E-state index in [4.69, 9.17) is 0 Å². The lowest BCUT2D eigenvalue weighted by Gasteiger charge is -2.30. The van der Waals surface area contributed by atoms with Crippen LogP contribution in [-0.4, -0.2) is 18.5 Å². The summed E-state index contributed by atoms with van der Waals surface area (Å²) in [5, 5.41) is 0. The Bertz CT molecular complexity index is 297. The van der Waals surface area contributed by atoms with Gasteiger partial charge in [-0.05, 0) is 29.4 Å². The van der Waals surface area contributed by atoms with Gasteiger partial charge in [0.15, 0.2) is 0 Å². The number of likely N-dealkylation sites (N-methyl/N-ethyl adjacent to an activating group) is 1. The van der Waals surface area contributed by atoms with E-state index in [-0.39, 0.29) is 0 Å². The average Bonchev–Trinajstić information content (AvgIpc) is 2.41. The molecule has 0 aliphatic carbocycles. The first-order valence-corrected chi connectivity index (χ1v) is 6.64. The Morgan fingerprint density at radius 2 is 1.76 bits per heavy atom. The fraction of sp³-hybridized carbons (Fsp3) is 0.625. The van der Waals surface area contributed by atoms with Gasteiger partial charge in [0.25, 0.3) is 0 Å². The van der Waals surface area contributed by atoms with E-state index in [0.717, 1.165) is 6.54 Å². The van der Waals surface area contributed by atoms with Crippen LogP contribution in [-0.2, 0) is 0 Å². The third-order valence-corrected chi connectivity index (χ3v) is 3.85. The molecule has 0 saturated heterocycles. The van der Waals surface area contributed by atoms with Crippen LogP contribution in [0.15, 0.2) is 36.6 Å². The van der Waals surface area contributed by atoms with Gasteiger partial charge in [-0.1, -0.05) is 53.9 Å². The summed E-state index contributed by atoms with van der Waals surface area (Å²) in [7, 11) is 2.13. The number of allylic oxidation sites excluding steroid dienone is 3. The van der Waals surface area contributed by atoms with Gasteiger partial charge in [-0.25, -0.2) is 0 Å². The van der Waals surface area contributed by atoms with Crippen LogP contribution in [0.4, 0.5) is 0 Å². The second-order valence-electron chi connectivity index (χ2n) is 5.13. The molecule has 0 amide bonds. The molecule has 0 aromatic rings. The molecule has 0 aromatic heterocycles. The molecule has 0 spiro atoms.